The molecule has 0 aliphatic carbocycles. The number of pyridine rings is 1. The molecule has 32 heavy (non-hydrogen) atoms. The Morgan fingerprint density at radius 1 is 0.875 bits per heavy atom. The van der Waals surface area contributed by atoms with Crippen LogP contribution in [0, 0.1) is 0 Å². The number of carbonyl (C=O) groups is 1. The lowest BCUT2D eigenvalue weighted by Crippen LogP contribution is -2.19. The third-order valence-corrected chi connectivity index (χ3v) is 6.06. The van der Waals surface area contributed by atoms with Gasteiger partial charge in [-0.25, -0.2) is 0 Å². The van der Waals surface area contributed by atoms with E-state index in [1.165, 1.54) is 103 Å². The van der Waals surface area contributed by atoms with E-state index in [1.54, 1.807) is 12.3 Å². The maximum atomic E-state index is 12.1. The molecule has 0 amide bonds. The normalized spacial score (nSPS) is 10.9. The van der Waals surface area contributed by atoms with Crippen LogP contribution in [0.4, 0.5) is 0 Å². The van der Waals surface area contributed by atoms with Crippen LogP contribution in [-0.4, -0.2) is 17.0 Å². The molecule has 0 saturated carbocycles. The summed E-state index contributed by atoms with van der Waals surface area (Å²) in [4.78, 5) is 24.2. The van der Waals surface area contributed by atoms with E-state index in [-0.39, 0.29) is 23.6 Å². The third-order valence-electron chi connectivity index (χ3n) is 6.06. The van der Waals surface area contributed by atoms with Gasteiger partial charge in [0, 0.05) is 25.7 Å². The number of Topliss-reactive ketones (excluding diaryl/α,β-unsaturated/α-hetero) is 1. The lowest BCUT2D eigenvalue weighted by molar-refractivity contribution is 0.0999. The van der Waals surface area contributed by atoms with E-state index in [2.05, 4.69) is 13.5 Å². The van der Waals surface area contributed by atoms with Gasteiger partial charge >= 0.3 is 0 Å². The number of hydrogen-bond acceptors (Lipinski definition) is 3. The Kier molecular flexibility index (Phi) is 16.5. The Balaban J connectivity index is 2.12. The molecule has 1 rings (SSSR count). The highest BCUT2D eigenvalue weighted by atomic mass is 16.5. The predicted molar refractivity (Wildman–Crippen MR) is 136 cm³/mol. The second-order valence-electron chi connectivity index (χ2n) is 9.01. The van der Waals surface area contributed by atoms with Crippen molar-refractivity contribution in [2.45, 2.75) is 123 Å². The zero-order chi connectivity index (χ0) is 23.4. The van der Waals surface area contributed by atoms with Gasteiger partial charge in [-0.2, -0.15) is 0 Å². The van der Waals surface area contributed by atoms with Crippen molar-refractivity contribution in [2.75, 3.05) is 6.61 Å². The van der Waals surface area contributed by atoms with Gasteiger partial charge in [0.15, 0.2) is 11.5 Å². The summed E-state index contributed by atoms with van der Waals surface area (Å²) in [5.41, 5.74) is 0.126. The Morgan fingerprint density at radius 2 is 1.34 bits per heavy atom. The number of nitrogens with zero attached hydrogens (tertiary/aromatic N) is 1. The van der Waals surface area contributed by atoms with Crippen LogP contribution in [0.25, 0.3) is 0 Å². The van der Waals surface area contributed by atoms with Crippen molar-refractivity contribution >= 4 is 5.78 Å². The van der Waals surface area contributed by atoms with Crippen molar-refractivity contribution < 1.29 is 9.53 Å². The van der Waals surface area contributed by atoms with Crippen molar-refractivity contribution in [3.63, 3.8) is 0 Å². The molecular weight excluding hydrogens is 398 g/mol. The van der Waals surface area contributed by atoms with Crippen LogP contribution in [-0.2, 0) is 6.54 Å². The van der Waals surface area contributed by atoms with Crippen LogP contribution < -0.4 is 10.2 Å². The van der Waals surface area contributed by atoms with Gasteiger partial charge in [-0.05, 0) is 6.42 Å². The molecule has 0 spiro atoms. The maximum absolute atomic E-state index is 12.1. The standard InChI is InChI=1S/C28H47NO3/c1-4-6-7-8-9-10-11-12-13-14-15-16-17-18-19-20-22-29-23-21-26(31)28(32-24-5-2)27(29)25(3)30/h5,21,23H,2,4,6-20,22,24H2,1,3H3. The third kappa shape index (κ3) is 12.3. The molecule has 0 fully saturated rings. The lowest BCUT2D eigenvalue weighted by atomic mass is 10.0. The molecule has 4 heteroatoms. The fraction of sp³-hybridized carbons (Fsp3) is 0.714. The van der Waals surface area contributed by atoms with E-state index < -0.39 is 0 Å². The molecule has 1 aromatic rings. The summed E-state index contributed by atoms with van der Waals surface area (Å²) in [5.74, 6) is 0.00893. The number of aryl methyl sites for hydroxylation is 1. The van der Waals surface area contributed by atoms with Crippen LogP contribution >= 0.6 is 0 Å². The summed E-state index contributed by atoms with van der Waals surface area (Å²) in [6.45, 7) is 8.32. The summed E-state index contributed by atoms with van der Waals surface area (Å²) in [7, 11) is 0. The van der Waals surface area contributed by atoms with Crippen LogP contribution in [0.5, 0.6) is 5.75 Å². The maximum Gasteiger partial charge on any atom is 0.224 e. The van der Waals surface area contributed by atoms with Crippen LogP contribution in [0.15, 0.2) is 29.7 Å². The van der Waals surface area contributed by atoms with Crippen molar-refractivity contribution in [1.82, 2.24) is 4.57 Å². The van der Waals surface area contributed by atoms with Gasteiger partial charge < -0.3 is 9.30 Å². The molecule has 0 aliphatic heterocycles. The van der Waals surface area contributed by atoms with Crippen molar-refractivity contribution in [2.24, 2.45) is 0 Å². The second-order valence-corrected chi connectivity index (χ2v) is 9.01. The van der Waals surface area contributed by atoms with Gasteiger partial charge in [-0.3, -0.25) is 9.59 Å². The zero-order valence-electron chi connectivity index (χ0n) is 20.8. The van der Waals surface area contributed by atoms with Gasteiger partial charge in [-0.15, -0.1) is 0 Å². The average Bonchev–Trinajstić information content (AvgIpc) is 2.78. The Morgan fingerprint density at radius 3 is 1.78 bits per heavy atom. The van der Waals surface area contributed by atoms with Gasteiger partial charge in [0.25, 0.3) is 0 Å². The zero-order valence-corrected chi connectivity index (χ0v) is 20.8. The molecule has 182 valence electrons. The summed E-state index contributed by atoms with van der Waals surface area (Å²) in [6, 6.07) is 1.48. The number of hydrogen-bond donors (Lipinski definition) is 0. The molecule has 0 N–H and O–H groups in total. The highest BCUT2D eigenvalue weighted by molar-refractivity contribution is 5.95. The van der Waals surface area contributed by atoms with Gasteiger partial charge in [0.2, 0.25) is 5.43 Å². The number of unbranched alkanes of at least 4 members (excludes halogenated alkanes) is 15. The molecule has 1 aromatic heterocycles. The first-order chi connectivity index (χ1) is 15.6. The van der Waals surface area contributed by atoms with Gasteiger partial charge in [-0.1, -0.05) is 116 Å². The quantitative estimate of drug-likeness (QED) is 0.110. The highest BCUT2D eigenvalue weighted by Gasteiger charge is 2.16. The fourth-order valence-electron chi connectivity index (χ4n) is 4.22. The van der Waals surface area contributed by atoms with Crippen LogP contribution in [0.1, 0.15) is 127 Å². The Bertz CT molecular complexity index is 692. The first-order valence-corrected chi connectivity index (χ1v) is 13.1. The minimum atomic E-state index is -0.250. The van der Waals surface area contributed by atoms with Crippen molar-refractivity contribution in [3.05, 3.63) is 40.8 Å². The summed E-state index contributed by atoms with van der Waals surface area (Å²) >= 11 is 0. The number of carbonyl (C=O) groups excluding carboxylic acids is 1. The highest BCUT2D eigenvalue weighted by Crippen LogP contribution is 2.17. The molecule has 0 unspecified atom stereocenters. The fourth-order valence-corrected chi connectivity index (χ4v) is 4.22. The van der Waals surface area contributed by atoms with Gasteiger partial charge in [0.1, 0.15) is 12.3 Å². The topological polar surface area (TPSA) is 48.3 Å². The molecule has 0 radical (unpaired) electrons. The van der Waals surface area contributed by atoms with E-state index in [9.17, 15) is 9.59 Å². The van der Waals surface area contributed by atoms with E-state index in [0.29, 0.717) is 5.69 Å². The lowest BCUT2D eigenvalue weighted by Gasteiger charge is -2.15. The van der Waals surface area contributed by atoms with Crippen LogP contribution in [0.3, 0.4) is 0 Å². The summed E-state index contributed by atoms with van der Waals surface area (Å²) in [6.07, 6.45) is 24.7. The number of rotatable bonds is 21. The first kappa shape index (κ1) is 28.2. The summed E-state index contributed by atoms with van der Waals surface area (Å²) in [5, 5.41) is 0. The molecule has 0 atom stereocenters. The molecule has 0 aliphatic rings. The van der Waals surface area contributed by atoms with Crippen molar-refractivity contribution in [3.8, 4) is 5.75 Å². The molecule has 0 aromatic carbocycles. The molecule has 1 heterocycles. The molecule has 0 saturated heterocycles. The van der Waals surface area contributed by atoms with Crippen LogP contribution in [0.2, 0.25) is 0 Å². The average molecular weight is 446 g/mol. The Hall–Kier alpha value is -1.84. The first-order valence-electron chi connectivity index (χ1n) is 13.1. The largest absolute Gasteiger partial charge is 0.483 e. The minimum absolute atomic E-state index is 0.141. The van der Waals surface area contributed by atoms with E-state index in [1.807, 2.05) is 4.57 Å². The molecule has 0 bridgehead atoms. The number of aromatic nitrogens is 1. The van der Waals surface area contributed by atoms with Gasteiger partial charge in [0.05, 0.1) is 0 Å². The SMILES string of the molecule is C=CCOc1c(C(C)=O)n(CCCCCCCCCCCCCCCCCC)ccc1=O. The van der Waals surface area contributed by atoms with E-state index in [4.69, 9.17) is 4.74 Å². The monoisotopic (exact) mass is 445 g/mol. The van der Waals surface area contributed by atoms with Crippen molar-refractivity contribution in [1.29, 1.82) is 0 Å². The minimum Gasteiger partial charge on any atom is -0.483 e. The molecule has 4 nitrogen and oxygen atoms in total. The number of ether oxygens (including phenoxy) is 1. The van der Waals surface area contributed by atoms with E-state index in [0.717, 1.165) is 19.4 Å². The summed E-state index contributed by atoms with van der Waals surface area (Å²) < 4.78 is 7.35. The predicted octanol–water partition coefficient (Wildman–Crippen LogP) is 7.88. The Labute approximate surface area is 196 Å². The second kappa shape index (κ2) is 18.7. The van der Waals surface area contributed by atoms with E-state index >= 15 is 0 Å². The smallest absolute Gasteiger partial charge is 0.224 e. The molecular formula is C28H47NO3. The number of ketones is 1.